The number of hydrogen-bond donors (Lipinski definition) is 1. The third-order valence-electron chi connectivity index (χ3n) is 7.38. The maximum absolute atomic E-state index is 14.9. The summed E-state index contributed by atoms with van der Waals surface area (Å²) >= 11 is 0. The number of amides is 1. The van der Waals surface area contributed by atoms with Crippen molar-refractivity contribution in [3.63, 3.8) is 0 Å². The molecule has 3 aromatic carbocycles. The van der Waals surface area contributed by atoms with Crippen molar-refractivity contribution in [2.45, 2.75) is 24.4 Å². The molecular formula is C28H21FN2O3. The summed E-state index contributed by atoms with van der Waals surface area (Å²) in [6.07, 6.45) is 3.83. The highest BCUT2D eigenvalue weighted by Crippen LogP contribution is 2.57. The number of fused-ring (bicyclic) bond motifs is 6. The van der Waals surface area contributed by atoms with Crippen molar-refractivity contribution in [1.29, 1.82) is 0 Å². The minimum atomic E-state index is -1.39. The van der Waals surface area contributed by atoms with Crippen LogP contribution in [0.25, 0.3) is 6.08 Å². The van der Waals surface area contributed by atoms with Crippen LogP contribution in [0.4, 0.5) is 15.8 Å². The molecule has 3 aliphatic heterocycles. The van der Waals surface area contributed by atoms with Crippen LogP contribution < -0.4 is 10.2 Å². The number of anilines is 2. The number of rotatable bonds is 3. The Balaban J connectivity index is 1.68. The predicted molar refractivity (Wildman–Crippen MR) is 127 cm³/mol. The van der Waals surface area contributed by atoms with Gasteiger partial charge in [-0.15, -0.1) is 0 Å². The lowest BCUT2D eigenvalue weighted by molar-refractivity contribution is -0.122. The Labute approximate surface area is 195 Å². The normalized spacial score (nSPS) is 26.1. The third-order valence-corrected chi connectivity index (χ3v) is 7.38. The number of carbonyl (C=O) groups is 3. The lowest BCUT2D eigenvalue weighted by Gasteiger charge is -2.37. The minimum absolute atomic E-state index is 0.118. The maximum atomic E-state index is 14.9. The summed E-state index contributed by atoms with van der Waals surface area (Å²) in [4.78, 5) is 43.2. The number of para-hydroxylation sites is 2. The van der Waals surface area contributed by atoms with Crippen LogP contribution in [0.3, 0.4) is 0 Å². The van der Waals surface area contributed by atoms with Gasteiger partial charge in [-0.3, -0.25) is 14.4 Å². The first-order valence-electron chi connectivity index (χ1n) is 11.2. The first-order valence-corrected chi connectivity index (χ1v) is 11.2. The predicted octanol–water partition coefficient (Wildman–Crippen LogP) is 4.39. The summed E-state index contributed by atoms with van der Waals surface area (Å²) in [5, 5.41) is 2.94. The molecule has 0 aromatic heterocycles. The second-order valence-corrected chi connectivity index (χ2v) is 9.02. The molecule has 0 bridgehead atoms. The van der Waals surface area contributed by atoms with Crippen LogP contribution in [0.15, 0.2) is 78.9 Å². The lowest BCUT2D eigenvalue weighted by atomic mass is 9.64. The molecule has 0 saturated carbocycles. The number of ketones is 2. The van der Waals surface area contributed by atoms with Gasteiger partial charge < -0.3 is 10.2 Å². The fourth-order valence-corrected chi connectivity index (χ4v) is 6.10. The van der Waals surface area contributed by atoms with Gasteiger partial charge in [0.25, 0.3) is 0 Å². The van der Waals surface area contributed by atoms with E-state index in [1.807, 2.05) is 59.5 Å². The zero-order valence-corrected chi connectivity index (χ0v) is 18.4. The minimum Gasteiger partial charge on any atom is -0.352 e. The number of nitrogens with one attached hydrogen (secondary N) is 1. The summed E-state index contributed by atoms with van der Waals surface area (Å²) < 4.78 is 14.9. The van der Waals surface area contributed by atoms with E-state index in [4.69, 9.17) is 0 Å². The molecule has 1 spiro atoms. The molecule has 0 unspecified atom stereocenters. The summed E-state index contributed by atoms with van der Waals surface area (Å²) in [7, 11) is 0. The van der Waals surface area contributed by atoms with Gasteiger partial charge in [-0.25, -0.2) is 4.39 Å². The van der Waals surface area contributed by atoms with Crippen LogP contribution in [-0.2, 0) is 15.0 Å². The topological polar surface area (TPSA) is 66.5 Å². The van der Waals surface area contributed by atoms with Crippen molar-refractivity contribution in [1.82, 2.24) is 0 Å². The molecule has 5 nitrogen and oxygen atoms in total. The van der Waals surface area contributed by atoms with E-state index in [1.165, 1.54) is 25.1 Å². The smallest absolute Gasteiger partial charge is 0.238 e. The molecule has 1 N–H and O–H groups in total. The Kier molecular flexibility index (Phi) is 4.36. The van der Waals surface area contributed by atoms with Crippen molar-refractivity contribution in [3.05, 3.63) is 101 Å². The van der Waals surface area contributed by atoms with E-state index in [0.29, 0.717) is 11.3 Å². The number of hydrogen-bond acceptors (Lipinski definition) is 4. The van der Waals surface area contributed by atoms with Gasteiger partial charge in [0.05, 0.1) is 23.6 Å². The quantitative estimate of drug-likeness (QED) is 0.599. The van der Waals surface area contributed by atoms with E-state index in [0.717, 1.165) is 11.3 Å². The van der Waals surface area contributed by atoms with E-state index in [9.17, 15) is 18.8 Å². The Hall–Kier alpha value is -4.06. The lowest BCUT2D eigenvalue weighted by Crippen LogP contribution is -2.51. The fraction of sp³-hybridized carbons (Fsp3) is 0.179. The molecule has 1 amide bonds. The number of nitrogens with zero attached hydrogens (tertiary/aromatic N) is 1. The van der Waals surface area contributed by atoms with Gasteiger partial charge in [0.2, 0.25) is 5.91 Å². The molecule has 1 fully saturated rings. The van der Waals surface area contributed by atoms with Gasteiger partial charge in [0.1, 0.15) is 11.2 Å². The van der Waals surface area contributed by atoms with E-state index in [-0.39, 0.29) is 17.3 Å². The molecule has 168 valence electrons. The Bertz CT molecular complexity index is 1410. The van der Waals surface area contributed by atoms with E-state index < -0.39 is 35.0 Å². The van der Waals surface area contributed by atoms with Crippen LogP contribution in [0.2, 0.25) is 0 Å². The van der Waals surface area contributed by atoms with E-state index >= 15 is 0 Å². The third kappa shape index (κ3) is 2.51. The molecule has 3 heterocycles. The second-order valence-electron chi connectivity index (χ2n) is 9.02. The standard InChI is InChI=1S/C28H21FN2O3/c1-16(32)25-24(26(33)18-9-3-5-11-20(18)29)28(19-10-4-6-12-21(19)30-27(28)34)23-15-14-17-8-2-7-13-22(17)31(23)25/h2-15,23-25H,1H3,(H,30,34)/t23-,24+,25+,28-/m0/s1. The molecule has 6 rings (SSSR count). The molecule has 1 saturated heterocycles. The first-order chi connectivity index (χ1) is 16.5. The van der Waals surface area contributed by atoms with Crippen molar-refractivity contribution >= 4 is 34.9 Å². The van der Waals surface area contributed by atoms with Crippen LogP contribution in [-0.4, -0.2) is 29.6 Å². The van der Waals surface area contributed by atoms with Gasteiger partial charge in [-0.05, 0) is 42.3 Å². The van der Waals surface area contributed by atoms with Crippen molar-refractivity contribution in [2.24, 2.45) is 5.92 Å². The highest BCUT2D eigenvalue weighted by atomic mass is 19.1. The van der Waals surface area contributed by atoms with Gasteiger partial charge in [-0.1, -0.05) is 60.7 Å². The molecular weight excluding hydrogens is 431 g/mol. The zero-order valence-electron chi connectivity index (χ0n) is 18.4. The monoisotopic (exact) mass is 452 g/mol. The SMILES string of the molecule is CC(=O)[C@@H]1[C@H](C(=O)c2ccccc2F)[C@@]2(C(=O)Nc3ccccc32)[C@@H]2C=Cc3ccccc3N12. The van der Waals surface area contributed by atoms with Crippen molar-refractivity contribution < 1.29 is 18.8 Å². The highest BCUT2D eigenvalue weighted by molar-refractivity contribution is 6.16. The molecule has 3 aliphatic rings. The van der Waals surface area contributed by atoms with Gasteiger partial charge in [0, 0.05) is 11.4 Å². The molecule has 3 aromatic rings. The molecule has 34 heavy (non-hydrogen) atoms. The fourth-order valence-electron chi connectivity index (χ4n) is 6.10. The first kappa shape index (κ1) is 20.5. The van der Waals surface area contributed by atoms with Crippen molar-refractivity contribution in [2.75, 3.05) is 10.2 Å². The molecule has 4 atom stereocenters. The average molecular weight is 452 g/mol. The Morgan fingerprint density at radius 3 is 2.47 bits per heavy atom. The Morgan fingerprint density at radius 2 is 1.68 bits per heavy atom. The molecule has 0 radical (unpaired) electrons. The highest BCUT2D eigenvalue weighted by Gasteiger charge is 2.69. The largest absolute Gasteiger partial charge is 0.352 e. The van der Waals surface area contributed by atoms with Crippen LogP contribution in [0.5, 0.6) is 0 Å². The Morgan fingerprint density at radius 1 is 0.971 bits per heavy atom. The van der Waals surface area contributed by atoms with Gasteiger partial charge in [0.15, 0.2) is 11.6 Å². The van der Waals surface area contributed by atoms with E-state index in [2.05, 4.69) is 5.32 Å². The van der Waals surface area contributed by atoms with Crippen LogP contribution in [0, 0.1) is 11.7 Å². The number of benzene rings is 3. The summed E-state index contributed by atoms with van der Waals surface area (Å²) in [6.45, 7) is 1.43. The van der Waals surface area contributed by atoms with Crippen LogP contribution >= 0.6 is 0 Å². The summed E-state index contributed by atoms with van der Waals surface area (Å²) in [5.74, 6) is -2.95. The molecule has 0 aliphatic carbocycles. The van der Waals surface area contributed by atoms with Crippen LogP contribution in [0.1, 0.15) is 28.4 Å². The summed E-state index contributed by atoms with van der Waals surface area (Å²) in [5.41, 5.74) is 1.41. The van der Waals surface area contributed by atoms with Gasteiger partial charge >= 0.3 is 0 Å². The number of Topliss-reactive ketones (excluding diaryl/α,β-unsaturated/α-hetero) is 2. The zero-order chi connectivity index (χ0) is 23.6. The maximum Gasteiger partial charge on any atom is 0.238 e. The number of halogens is 1. The van der Waals surface area contributed by atoms with Gasteiger partial charge in [-0.2, -0.15) is 0 Å². The van der Waals surface area contributed by atoms with E-state index in [1.54, 1.807) is 12.1 Å². The second kappa shape index (κ2) is 7.22. The molecule has 6 heteroatoms. The average Bonchev–Trinajstić information content (AvgIpc) is 3.32. The van der Waals surface area contributed by atoms with Crippen molar-refractivity contribution in [3.8, 4) is 0 Å². The number of carbonyl (C=O) groups excluding carboxylic acids is 3. The summed E-state index contributed by atoms with van der Waals surface area (Å²) in [6, 6.07) is 19.0.